The number of fused-ring (bicyclic) bond motifs is 1. The van der Waals surface area contributed by atoms with Gasteiger partial charge in [-0.2, -0.15) is 0 Å². The number of esters is 1. The van der Waals surface area contributed by atoms with Gasteiger partial charge in [0.25, 0.3) is 17.3 Å². The molecule has 0 aromatic heterocycles. The van der Waals surface area contributed by atoms with Crippen molar-refractivity contribution in [3.05, 3.63) is 61.1 Å². The average Bonchev–Trinajstić information content (AvgIpc) is 2.72. The van der Waals surface area contributed by atoms with Crippen molar-refractivity contribution in [2.75, 3.05) is 25.1 Å². The van der Waals surface area contributed by atoms with Gasteiger partial charge in [0.1, 0.15) is 18.8 Å². The van der Waals surface area contributed by atoms with Crippen LogP contribution in [0.15, 0.2) is 30.3 Å². The highest BCUT2D eigenvalue weighted by atomic mass is 35.5. The van der Waals surface area contributed by atoms with E-state index in [0.29, 0.717) is 0 Å². The number of carbonyl (C=O) groups excluding carboxylic acids is 2. The highest BCUT2D eigenvalue weighted by molar-refractivity contribution is 6.33. The van der Waals surface area contributed by atoms with Crippen LogP contribution in [-0.4, -0.2) is 41.5 Å². The van der Waals surface area contributed by atoms with Crippen LogP contribution in [0.2, 0.25) is 5.02 Å². The fraction of sp³-hybridized carbons (Fsp3) is 0.176. The zero-order valence-electron chi connectivity index (χ0n) is 15.0. The van der Waals surface area contributed by atoms with Crippen molar-refractivity contribution in [3.63, 3.8) is 0 Å². The Morgan fingerprint density at radius 2 is 1.73 bits per heavy atom. The maximum Gasteiger partial charge on any atom is 0.345 e. The average molecular weight is 438 g/mol. The minimum absolute atomic E-state index is 0.0303. The van der Waals surface area contributed by atoms with E-state index >= 15 is 0 Å². The highest BCUT2D eigenvalue weighted by Gasteiger charge is 2.28. The summed E-state index contributed by atoms with van der Waals surface area (Å²) in [5.41, 5.74) is -1.37. The normalized spacial score (nSPS) is 12.0. The number of benzene rings is 2. The first-order valence-electron chi connectivity index (χ1n) is 8.25. The molecule has 2 aromatic carbocycles. The van der Waals surface area contributed by atoms with E-state index in [1.165, 1.54) is 6.07 Å². The third-order valence-corrected chi connectivity index (χ3v) is 4.18. The van der Waals surface area contributed by atoms with Crippen molar-refractivity contribution in [2.24, 2.45) is 0 Å². The molecule has 30 heavy (non-hydrogen) atoms. The number of nitrogens with zero attached hydrogens (tertiary/aromatic N) is 2. The number of ether oxygens (including phenoxy) is 3. The van der Waals surface area contributed by atoms with E-state index in [0.717, 1.165) is 24.3 Å². The Bertz CT molecular complexity index is 1060. The molecule has 0 bridgehead atoms. The van der Waals surface area contributed by atoms with Gasteiger partial charge < -0.3 is 19.5 Å². The number of hydrogen-bond donors (Lipinski definition) is 1. The standard InChI is InChI=1S/C17H12ClN3O9/c18-11-2-1-9(20(24)25)5-12(11)19-16(22)8-30-17(23)10-6-14-15(29-4-3-28-14)7-13(10)21(26)27/h1-2,5-7H,3-4,8H2,(H,19,22). The summed E-state index contributed by atoms with van der Waals surface area (Å²) in [6.45, 7) is -0.413. The van der Waals surface area contributed by atoms with Gasteiger partial charge >= 0.3 is 5.97 Å². The summed E-state index contributed by atoms with van der Waals surface area (Å²) in [7, 11) is 0. The second kappa shape index (κ2) is 8.61. The number of amides is 1. The van der Waals surface area contributed by atoms with Crippen LogP contribution in [0, 0.1) is 20.2 Å². The molecule has 0 atom stereocenters. The summed E-state index contributed by atoms with van der Waals surface area (Å²) < 4.78 is 15.4. The molecule has 12 nitrogen and oxygen atoms in total. The van der Waals surface area contributed by atoms with Crippen molar-refractivity contribution >= 4 is 40.5 Å². The molecule has 0 fully saturated rings. The van der Waals surface area contributed by atoms with Gasteiger partial charge in [0, 0.05) is 18.2 Å². The summed E-state index contributed by atoms with van der Waals surface area (Å²) in [4.78, 5) is 45.0. The van der Waals surface area contributed by atoms with Crippen LogP contribution in [0.4, 0.5) is 17.1 Å². The minimum Gasteiger partial charge on any atom is -0.486 e. The third kappa shape index (κ3) is 4.55. The van der Waals surface area contributed by atoms with Crippen molar-refractivity contribution in [1.82, 2.24) is 0 Å². The maximum atomic E-state index is 12.3. The number of nitro benzene ring substituents is 2. The smallest absolute Gasteiger partial charge is 0.345 e. The first-order chi connectivity index (χ1) is 14.3. The van der Waals surface area contributed by atoms with E-state index in [2.05, 4.69) is 5.32 Å². The Labute approximate surface area is 172 Å². The molecule has 0 saturated heterocycles. The van der Waals surface area contributed by atoms with E-state index in [4.69, 9.17) is 25.8 Å². The van der Waals surface area contributed by atoms with Gasteiger partial charge in [0.15, 0.2) is 18.1 Å². The second-order valence-electron chi connectivity index (χ2n) is 5.82. The van der Waals surface area contributed by atoms with Crippen LogP contribution in [0.3, 0.4) is 0 Å². The summed E-state index contributed by atoms with van der Waals surface area (Å²) in [6.07, 6.45) is 0. The first-order valence-corrected chi connectivity index (χ1v) is 8.63. The van der Waals surface area contributed by atoms with Crippen molar-refractivity contribution in [2.45, 2.75) is 0 Å². The fourth-order valence-electron chi connectivity index (χ4n) is 2.51. The molecule has 0 spiro atoms. The molecule has 1 aliphatic heterocycles. The zero-order valence-corrected chi connectivity index (χ0v) is 15.7. The Hall–Kier alpha value is -3.93. The Kier molecular flexibility index (Phi) is 5.97. The fourth-order valence-corrected chi connectivity index (χ4v) is 2.68. The van der Waals surface area contributed by atoms with Gasteiger partial charge in [-0.25, -0.2) is 4.79 Å². The number of nitro groups is 2. The molecule has 1 aliphatic rings. The van der Waals surface area contributed by atoms with Gasteiger partial charge in [0.2, 0.25) is 0 Å². The lowest BCUT2D eigenvalue weighted by molar-refractivity contribution is -0.385. The third-order valence-electron chi connectivity index (χ3n) is 3.85. The Balaban J connectivity index is 1.71. The SMILES string of the molecule is O=C(COC(=O)c1cc2c(cc1[N+](=O)[O-])OCCO2)Nc1cc([N+](=O)[O-])ccc1Cl. The summed E-state index contributed by atoms with van der Waals surface area (Å²) in [5, 5.41) is 24.4. The number of non-ortho nitro benzene ring substituents is 1. The van der Waals surface area contributed by atoms with E-state index in [-0.39, 0.29) is 41.1 Å². The van der Waals surface area contributed by atoms with Crippen LogP contribution >= 0.6 is 11.6 Å². The number of anilines is 1. The van der Waals surface area contributed by atoms with E-state index in [1.807, 2.05) is 0 Å². The lowest BCUT2D eigenvalue weighted by Gasteiger charge is -2.18. The van der Waals surface area contributed by atoms with Crippen LogP contribution < -0.4 is 14.8 Å². The molecular formula is C17H12ClN3O9. The monoisotopic (exact) mass is 437 g/mol. The van der Waals surface area contributed by atoms with Gasteiger partial charge in [-0.15, -0.1) is 0 Å². The van der Waals surface area contributed by atoms with E-state index in [9.17, 15) is 29.8 Å². The highest BCUT2D eigenvalue weighted by Crippen LogP contribution is 2.37. The second-order valence-corrected chi connectivity index (χ2v) is 6.22. The predicted molar refractivity (Wildman–Crippen MR) is 101 cm³/mol. The van der Waals surface area contributed by atoms with Crippen LogP contribution in [0.25, 0.3) is 0 Å². The summed E-state index contributed by atoms with van der Waals surface area (Å²) in [5.74, 6) is -1.75. The number of nitrogens with one attached hydrogen (secondary N) is 1. The first kappa shape index (κ1) is 20.8. The summed E-state index contributed by atoms with van der Waals surface area (Å²) >= 11 is 5.88. The largest absolute Gasteiger partial charge is 0.486 e. The molecule has 0 saturated carbocycles. The van der Waals surface area contributed by atoms with E-state index < -0.39 is 39.6 Å². The van der Waals surface area contributed by atoms with Crippen LogP contribution in [0.1, 0.15) is 10.4 Å². The van der Waals surface area contributed by atoms with Crippen molar-refractivity contribution < 1.29 is 33.6 Å². The molecule has 0 unspecified atom stereocenters. The Morgan fingerprint density at radius 1 is 1.07 bits per heavy atom. The van der Waals surface area contributed by atoms with Crippen LogP contribution in [-0.2, 0) is 9.53 Å². The molecule has 3 rings (SSSR count). The Morgan fingerprint density at radius 3 is 2.37 bits per heavy atom. The van der Waals surface area contributed by atoms with E-state index in [1.54, 1.807) is 0 Å². The number of halogens is 1. The topological polar surface area (TPSA) is 160 Å². The minimum atomic E-state index is -1.14. The molecule has 13 heteroatoms. The van der Waals surface area contributed by atoms with Gasteiger partial charge in [-0.05, 0) is 6.07 Å². The molecule has 2 aromatic rings. The maximum absolute atomic E-state index is 12.3. The molecule has 1 amide bonds. The molecular weight excluding hydrogens is 426 g/mol. The zero-order chi connectivity index (χ0) is 21.8. The van der Waals surface area contributed by atoms with Crippen molar-refractivity contribution in [3.8, 4) is 11.5 Å². The number of carbonyl (C=O) groups is 2. The number of hydrogen-bond acceptors (Lipinski definition) is 9. The lowest BCUT2D eigenvalue weighted by Crippen LogP contribution is -2.22. The molecule has 156 valence electrons. The molecule has 0 radical (unpaired) electrons. The quantitative estimate of drug-likeness (QED) is 0.407. The van der Waals surface area contributed by atoms with Gasteiger partial charge in [-0.1, -0.05) is 11.6 Å². The van der Waals surface area contributed by atoms with Gasteiger partial charge in [0.05, 0.1) is 26.6 Å². The number of rotatable bonds is 6. The molecule has 0 aliphatic carbocycles. The molecule has 1 N–H and O–H groups in total. The lowest BCUT2D eigenvalue weighted by atomic mass is 10.1. The van der Waals surface area contributed by atoms with Crippen molar-refractivity contribution in [1.29, 1.82) is 0 Å². The van der Waals surface area contributed by atoms with Crippen LogP contribution in [0.5, 0.6) is 11.5 Å². The predicted octanol–water partition coefficient (Wildman–Crippen LogP) is 2.72. The summed E-state index contributed by atoms with van der Waals surface area (Å²) in [6, 6.07) is 5.55. The molecule has 1 heterocycles. The van der Waals surface area contributed by atoms with Gasteiger partial charge in [-0.3, -0.25) is 25.0 Å².